The van der Waals surface area contributed by atoms with Crippen molar-refractivity contribution in [2.24, 2.45) is 0 Å². The van der Waals surface area contributed by atoms with Crippen LogP contribution in [0.25, 0.3) is 17.1 Å². The van der Waals surface area contributed by atoms with Gasteiger partial charge >= 0.3 is 0 Å². The molecular weight excluding hydrogens is 401 g/mol. The average Bonchev–Trinajstić information content (AvgIpc) is 3.31. The summed E-state index contributed by atoms with van der Waals surface area (Å²) < 4.78 is 21.2. The Balaban J connectivity index is 1.49. The van der Waals surface area contributed by atoms with E-state index < -0.39 is 0 Å². The van der Waals surface area contributed by atoms with Crippen LogP contribution in [0.3, 0.4) is 0 Å². The molecule has 0 bridgehead atoms. The first kappa shape index (κ1) is 20.1. The van der Waals surface area contributed by atoms with Gasteiger partial charge in [-0.25, -0.2) is 4.39 Å². The number of hydrogen-bond donors (Lipinski definition) is 0. The van der Waals surface area contributed by atoms with Gasteiger partial charge in [-0.2, -0.15) is 0 Å². The minimum absolute atomic E-state index is 0.0501. The minimum atomic E-state index is -0.316. The SMILES string of the molecule is Cc1ccc(-c2nnc(SCC(=O)c3cc(C)n(-c4cccc(F)c4)c3C)o2)cc1. The van der Waals surface area contributed by atoms with Crippen LogP contribution in [0.4, 0.5) is 4.39 Å². The molecule has 0 saturated carbocycles. The van der Waals surface area contributed by atoms with Crippen molar-refractivity contribution in [2.75, 3.05) is 5.75 Å². The van der Waals surface area contributed by atoms with Gasteiger partial charge in [-0.3, -0.25) is 4.79 Å². The summed E-state index contributed by atoms with van der Waals surface area (Å²) in [4.78, 5) is 12.8. The standard InChI is InChI=1S/C23H20FN3O2S/c1-14-7-9-17(10-8-14)22-25-26-23(29-22)30-13-21(28)20-11-15(2)27(16(20)3)19-6-4-5-18(24)12-19/h4-12H,13H2,1-3H3. The number of Topliss-reactive ketones (excluding diaryl/α,β-unsaturated/α-hetero) is 1. The van der Waals surface area contributed by atoms with E-state index in [9.17, 15) is 9.18 Å². The van der Waals surface area contributed by atoms with Crippen LogP contribution in [0.15, 0.2) is 64.2 Å². The Kier molecular flexibility index (Phi) is 5.55. The zero-order valence-corrected chi connectivity index (χ0v) is 17.7. The van der Waals surface area contributed by atoms with Crippen molar-refractivity contribution >= 4 is 17.5 Å². The molecule has 4 aromatic rings. The molecule has 5 nitrogen and oxygen atoms in total. The van der Waals surface area contributed by atoms with Crippen molar-refractivity contribution < 1.29 is 13.6 Å². The fourth-order valence-corrected chi connectivity index (χ4v) is 3.99. The van der Waals surface area contributed by atoms with Crippen LogP contribution >= 0.6 is 11.8 Å². The summed E-state index contributed by atoms with van der Waals surface area (Å²) in [6.07, 6.45) is 0. The number of hydrogen-bond acceptors (Lipinski definition) is 5. The van der Waals surface area contributed by atoms with Crippen LogP contribution in [0.5, 0.6) is 0 Å². The normalized spacial score (nSPS) is 11.1. The number of nitrogens with zero attached hydrogens (tertiary/aromatic N) is 3. The first-order chi connectivity index (χ1) is 14.4. The Morgan fingerprint density at radius 2 is 1.83 bits per heavy atom. The van der Waals surface area contributed by atoms with Gasteiger partial charge in [0.05, 0.1) is 5.75 Å². The van der Waals surface area contributed by atoms with Crippen molar-refractivity contribution in [2.45, 2.75) is 26.0 Å². The topological polar surface area (TPSA) is 60.9 Å². The van der Waals surface area contributed by atoms with Crippen LogP contribution in [0, 0.1) is 26.6 Å². The van der Waals surface area contributed by atoms with Gasteiger partial charge in [0.2, 0.25) is 5.89 Å². The van der Waals surface area contributed by atoms with E-state index in [0.29, 0.717) is 22.4 Å². The molecular formula is C23H20FN3O2S. The maximum Gasteiger partial charge on any atom is 0.277 e. The van der Waals surface area contributed by atoms with Crippen LogP contribution in [-0.4, -0.2) is 26.3 Å². The molecule has 0 saturated heterocycles. The van der Waals surface area contributed by atoms with E-state index in [2.05, 4.69) is 10.2 Å². The zero-order chi connectivity index (χ0) is 21.3. The molecule has 2 aromatic heterocycles. The molecule has 2 heterocycles. The molecule has 0 amide bonds. The molecule has 0 unspecified atom stereocenters. The van der Waals surface area contributed by atoms with Crippen LogP contribution < -0.4 is 0 Å². The lowest BCUT2D eigenvalue weighted by molar-refractivity contribution is 0.102. The summed E-state index contributed by atoms with van der Waals surface area (Å²) in [7, 11) is 0. The highest BCUT2D eigenvalue weighted by atomic mass is 32.2. The molecule has 0 aliphatic carbocycles. The van der Waals surface area contributed by atoms with E-state index in [0.717, 1.165) is 22.5 Å². The van der Waals surface area contributed by atoms with E-state index in [1.54, 1.807) is 6.07 Å². The maximum atomic E-state index is 13.6. The summed E-state index contributed by atoms with van der Waals surface area (Å²) in [6, 6.07) is 15.9. The largest absolute Gasteiger partial charge is 0.411 e. The highest BCUT2D eigenvalue weighted by Gasteiger charge is 2.18. The van der Waals surface area contributed by atoms with Crippen LogP contribution in [0.1, 0.15) is 27.3 Å². The molecule has 30 heavy (non-hydrogen) atoms. The second-order valence-corrected chi connectivity index (χ2v) is 7.98. The molecule has 0 radical (unpaired) electrons. The fraction of sp³-hybridized carbons (Fsp3) is 0.174. The number of aryl methyl sites for hydroxylation is 2. The predicted molar refractivity (Wildman–Crippen MR) is 115 cm³/mol. The number of rotatable bonds is 6. The molecule has 0 aliphatic rings. The lowest BCUT2D eigenvalue weighted by Crippen LogP contribution is -2.05. The van der Waals surface area contributed by atoms with E-state index in [1.807, 2.05) is 61.7 Å². The van der Waals surface area contributed by atoms with Gasteiger partial charge in [-0.15, -0.1) is 10.2 Å². The summed E-state index contributed by atoms with van der Waals surface area (Å²) >= 11 is 1.21. The molecule has 4 rings (SSSR count). The van der Waals surface area contributed by atoms with Gasteiger partial charge in [-0.05, 0) is 57.2 Å². The van der Waals surface area contributed by atoms with Crippen molar-refractivity contribution in [1.29, 1.82) is 0 Å². The Labute approximate surface area is 177 Å². The molecule has 0 N–H and O–H groups in total. The third-order valence-electron chi connectivity index (χ3n) is 4.83. The Morgan fingerprint density at radius 1 is 1.07 bits per heavy atom. The van der Waals surface area contributed by atoms with Crippen molar-refractivity contribution in [1.82, 2.24) is 14.8 Å². The third-order valence-corrected chi connectivity index (χ3v) is 5.65. The second kappa shape index (κ2) is 8.28. The number of halogens is 1. The number of thioether (sulfide) groups is 1. The Morgan fingerprint density at radius 3 is 2.57 bits per heavy atom. The summed E-state index contributed by atoms with van der Waals surface area (Å²) in [5.74, 6) is 0.229. The second-order valence-electron chi connectivity index (χ2n) is 7.05. The highest BCUT2D eigenvalue weighted by Crippen LogP contribution is 2.26. The average molecular weight is 421 g/mol. The third kappa shape index (κ3) is 4.07. The number of aromatic nitrogens is 3. The van der Waals surface area contributed by atoms with Crippen molar-refractivity contribution in [3.8, 4) is 17.1 Å². The maximum absolute atomic E-state index is 13.6. The fourth-order valence-electron chi connectivity index (χ4n) is 3.34. The summed E-state index contributed by atoms with van der Waals surface area (Å²) in [5, 5.41) is 8.44. The first-order valence-corrected chi connectivity index (χ1v) is 10.4. The predicted octanol–water partition coefficient (Wildman–Crippen LogP) is 5.57. The van der Waals surface area contributed by atoms with Crippen molar-refractivity contribution in [3.05, 3.63) is 82.9 Å². The Hall–Kier alpha value is -3.19. The van der Waals surface area contributed by atoms with Gasteiger partial charge in [0.1, 0.15) is 5.82 Å². The number of carbonyl (C=O) groups excluding carboxylic acids is 1. The molecule has 2 aromatic carbocycles. The van der Waals surface area contributed by atoms with Crippen LogP contribution in [0.2, 0.25) is 0 Å². The van der Waals surface area contributed by atoms with E-state index in [1.165, 1.54) is 23.9 Å². The smallest absolute Gasteiger partial charge is 0.277 e. The molecule has 7 heteroatoms. The number of benzene rings is 2. The number of carbonyl (C=O) groups is 1. The van der Waals surface area contributed by atoms with Gasteiger partial charge in [0.15, 0.2) is 5.78 Å². The minimum Gasteiger partial charge on any atom is -0.411 e. The van der Waals surface area contributed by atoms with Gasteiger partial charge in [0.25, 0.3) is 5.22 Å². The van der Waals surface area contributed by atoms with Crippen molar-refractivity contribution in [3.63, 3.8) is 0 Å². The number of ketones is 1. The molecule has 0 spiro atoms. The van der Waals surface area contributed by atoms with E-state index >= 15 is 0 Å². The monoisotopic (exact) mass is 421 g/mol. The highest BCUT2D eigenvalue weighted by molar-refractivity contribution is 7.99. The molecule has 0 aliphatic heterocycles. The van der Waals surface area contributed by atoms with Gasteiger partial charge < -0.3 is 8.98 Å². The van der Waals surface area contributed by atoms with Gasteiger partial charge in [0, 0.05) is 28.2 Å². The molecule has 0 atom stereocenters. The van der Waals surface area contributed by atoms with E-state index in [-0.39, 0.29) is 17.4 Å². The summed E-state index contributed by atoms with van der Waals surface area (Å²) in [6.45, 7) is 5.77. The quantitative estimate of drug-likeness (QED) is 0.301. The lowest BCUT2D eigenvalue weighted by atomic mass is 10.1. The lowest BCUT2D eigenvalue weighted by Gasteiger charge is -2.09. The van der Waals surface area contributed by atoms with Crippen LogP contribution in [-0.2, 0) is 0 Å². The first-order valence-electron chi connectivity index (χ1n) is 9.44. The van der Waals surface area contributed by atoms with Gasteiger partial charge in [-0.1, -0.05) is 35.5 Å². The zero-order valence-electron chi connectivity index (χ0n) is 16.8. The molecule has 0 fully saturated rings. The summed E-state index contributed by atoms with van der Waals surface area (Å²) in [5.41, 5.74) is 4.92. The van der Waals surface area contributed by atoms with E-state index in [4.69, 9.17) is 4.42 Å². The molecule has 152 valence electrons. The Bertz CT molecular complexity index is 1210.